The van der Waals surface area contributed by atoms with Crippen molar-refractivity contribution in [3.05, 3.63) is 16.1 Å². The summed E-state index contributed by atoms with van der Waals surface area (Å²) in [5, 5.41) is 7.19. The Bertz CT molecular complexity index is 427. The zero-order valence-electron chi connectivity index (χ0n) is 12.3. The molecule has 1 atom stereocenters. The Kier molecular flexibility index (Phi) is 3.67. The van der Waals surface area contributed by atoms with Gasteiger partial charge in [0.2, 0.25) is 0 Å². The first-order valence-corrected chi connectivity index (χ1v) is 8.31. The average molecular weight is 279 g/mol. The van der Waals surface area contributed by atoms with Crippen molar-refractivity contribution < 1.29 is 0 Å². The molecule has 0 aromatic carbocycles. The molecule has 3 nitrogen and oxygen atoms in total. The Morgan fingerprint density at radius 2 is 2.11 bits per heavy atom. The van der Waals surface area contributed by atoms with Crippen molar-refractivity contribution in [3.63, 3.8) is 0 Å². The van der Waals surface area contributed by atoms with Gasteiger partial charge >= 0.3 is 0 Å². The van der Waals surface area contributed by atoms with E-state index in [1.807, 2.05) is 0 Å². The second-order valence-electron chi connectivity index (χ2n) is 7.00. The van der Waals surface area contributed by atoms with Crippen LogP contribution in [0, 0.1) is 5.92 Å². The predicted octanol–water partition coefficient (Wildman–Crippen LogP) is 2.62. The van der Waals surface area contributed by atoms with E-state index < -0.39 is 0 Å². The summed E-state index contributed by atoms with van der Waals surface area (Å²) >= 11 is 1.80. The Labute approximate surface area is 120 Å². The van der Waals surface area contributed by atoms with Crippen LogP contribution in [-0.2, 0) is 12.0 Å². The number of rotatable bonds is 3. The molecular formula is C15H25N3S. The van der Waals surface area contributed by atoms with Crippen LogP contribution in [0.5, 0.6) is 0 Å². The van der Waals surface area contributed by atoms with Gasteiger partial charge in [-0.2, -0.15) is 0 Å². The number of nitrogens with one attached hydrogen (secondary N) is 1. The summed E-state index contributed by atoms with van der Waals surface area (Å²) in [5.41, 5.74) is 1.40. The zero-order chi connectivity index (χ0) is 13.5. The van der Waals surface area contributed by atoms with Gasteiger partial charge in [0.25, 0.3) is 0 Å². The molecule has 1 aromatic heterocycles. The SMILES string of the molecule is CC(C)(C)c1csc(CNC2CN3CCC2CC3)n1. The fourth-order valence-corrected chi connectivity index (χ4v) is 4.12. The summed E-state index contributed by atoms with van der Waals surface area (Å²) < 4.78 is 0. The van der Waals surface area contributed by atoms with Gasteiger partial charge < -0.3 is 10.2 Å². The lowest BCUT2D eigenvalue weighted by Gasteiger charge is -2.45. The fourth-order valence-electron chi connectivity index (χ4n) is 3.15. The van der Waals surface area contributed by atoms with Gasteiger partial charge in [0, 0.05) is 29.9 Å². The smallest absolute Gasteiger partial charge is 0.107 e. The molecule has 1 N–H and O–H groups in total. The number of fused-ring (bicyclic) bond motifs is 3. The molecule has 3 aliphatic rings. The van der Waals surface area contributed by atoms with Gasteiger partial charge in [-0.15, -0.1) is 11.3 Å². The van der Waals surface area contributed by atoms with Crippen LogP contribution in [0.15, 0.2) is 5.38 Å². The molecule has 4 heteroatoms. The van der Waals surface area contributed by atoms with E-state index in [2.05, 4.69) is 36.4 Å². The van der Waals surface area contributed by atoms with Gasteiger partial charge in [0.05, 0.1) is 5.69 Å². The molecule has 1 aromatic rings. The van der Waals surface area contributed by atoms with Gasteiger partial charge in [-0.05, 0) is 31.8 Å². The highest BCUT2D eigenvalue weighted by Crippen LogP contribution is 2.28. The van der Waals surface area contributed by atoms with Crippen molar-refractivity contribution in [2.24, 2.45) is 5.92 Å². The van der Waals surface area contributed by atoms with Crippen LogP contribution in [0.25, 0.3) is 0 Å². The lowest BCUT2D eigenvalue weighted by Crippen LogP contribution is -2.55. The normalized spacial score (nSPS) is 30.8. The van der Waals surface area contributed by atoms with E-state index in [0.717, 1.165) is 12.5 Å². The van der Waals surface area contributed by atoms with Crippen LogP contribution in [0.1, 0.15) is 44.3 Å². The largest absolute Gasteiger partial charge is 0.306 e. The number of hydrogen-bond acceptors (Lipinski definition) is 4. The number of thiazole rings is 1. The van der Waals surface area contributed by atoms with Crippen molar-refractivity contribution in [1.82, 2.24) is 15.2 Å². The van der Waals surface area contributed by atoms with E-state index in [1.165, 1.54) is 43.2 Å². The van der Waals surface area contributed by atoms with E-state index in [0.29, 0.717) is 6.04 Å². The Balaban J connectivity index is 1.56. The third-order valence-corrected chi connectivity index (χ3v) is 5.34. The summed E-state index contributed by atoms with van der Waals surface area (Å²) in [7, 11) is 0. The molecular weight excluding hydrogens is 254 g/mol. The molecule has 4 rings (SSSR count). The summed E-state index contributed by atoms with van der Waals surface area (Å²) in [6.45, 7) is 11.5. The summed E-state index contributed by atoms with van der Waals surface area (Å²) in [6, 6.07) is 0.685. The molecule has 0 aliphatic carbocycles. The van der Waals surface area contributed by atoms with Gasteiger partial charge in [0.1, 0.15) is 5.01 Å². The minimum Gasteiger partial charge on any atom is -0.306 e. The molecule has 0 radical (unpaired) electrons. The molecule has 0 saturated carbocycles. The fraction of sp³-hybridized carbons (Fsp3) is 0.800. The molecule has 3 fully saturated rings. The van der Waals surface area contributed by atoms with Crippen LogP contribution in [0.2, 0.25) is 0 Å². The highest BCUT2D eigenvalue weighted by atomic mass is 32.1. The highest BCUT2D eigenvalue weighted by Gasteiger charge is 2.33. The predicted molar refractivity (Wildman–Crippen MR) is 80.6 cm³/mol. The maximum Gasteiger partial charge on any atom is 0.107 e. The standard InChI is InChI=1S/C15H25N3S/c1-15(2,3)13-10-19-14(17-13)8-16-12-9-18-6-4-11(12)5-7-18/h10-12,16H,4-9H2,1-3H3. The van der Waals surface area contributed by atoms with Crippen LogP contribution in [0.4, 0.5) is 0 Å². The Hall–Kier alpha value is -0.450. The lowest BCUT2D eigenvalue weighted by molar-refractivity contribution is 0.0720. The molecule has 4 heterocycles. The topological polar surface area (TPSA) is 28.2 Å². The summed E-state index contributed by atoms with van der Waals surface area (Å²) in [5.74, 6) is 0.895. The van der Waals surface area contributed by atoms with E-state index >= 15 is 0 Å². The average Bonchev–Trinajstić information content (AvgIpc) is 2.86. The van der Waals surface area contributed by atoms with E-state index in [1.54, 1.807) is 11.3 Å². The molecule has 0 spiro atoms. The zero-order valence-corrected chi connectivity index (χ0v) is 13.1. The quantitative estimate of drug-likeness (QED) is 0.922. The third kappa shape index (κ3) is 3.01. The van der Waals surface area contributed by atoms with Crippen LogP contribution >= 0.6 is 11.3 Å². The minimum absolute atomic E-state index is 0.171. The monoisotopic (exact) mass is 279 g/mol. The number of piperidine rings is 3. The maximum absolute atomic E-state index is 4.77. The van der Waals surface area contributed by atoms with E-state index in [-0.39, 0.29) is 5.41 Å². The van der Waals surface area contributed by atoms with Crippen molar-refractivity contribution in [3.8, 4) is 0 Å². The second-order valence-corrected chi connectivity index (χ2v) is 7.94. The Morgan fingerprint density at radius 1 is 1.37 bits per heavy atom. The second kappa shape index (κ2) is 5.15. The molecule has 19 heavy (non-hydrogen) atoms. The molecule has 2 bridgehead atoms. The first-order chi connectivity index (χ1) is 9.02. The van der Waals surface area contributed by atoms with Gasteiger partial charge in [-0.25, -0.2) is 4.98 Å². The number of nitrogens with zero attached hydrogens (tertiary/aromatic N) is 2. The van der Waals surface area contributed by atoms with E-state index in [4.69, 9.17) is 4.98 Å². The number of hydrogen-bond donors (Lipinski definition) is 1. The first kappa shape index (κ1) is 13.5. The minimum atomic E-state index is 0.171. The lowest BCUT2D eigenvalue weighted by atomic mass is 9.84. The van der Waals surface area contributed by atoms with Gasteiger partial charge in [-0.1, -0.05) is 20.8 Å². The maximum atomic E-state index is 4.77. The van der Waals surface area contributed by atoms with Crippen molar-refractivity contribution >= 4 is 11.3 Å². The molecule has 3 saturated heterocycles. The summed E-state index contributed by atoms with van der Waals surface area (Å²) in [4.78, 5) is 7.37. The van der Waals surface area contributed by atoms with Crippen LogP contribution < -0.4 is 5.32 Å². The van der Waals surface area contributed by atoms with Crippen LogP contribution in [0.3, 0.4) is 0 Å². The number of aromatic nitrogens is 1. The van der Waals surface area contributed by atoms with Crippen molar-refractivity contribution in [1.29, 1.82) is 0 Å². The van der Waals surface area contributed by atoms with Crippen molar-refractivity contribution in [2.45, 2.75) is 51.6 Å². The Morgan fingerprint density at radius 3 is 2.63 bits per heavy atom. The molecule has 0 amide bonds. The van der Waals surface area contributed by atoms with Gasteiger partial charge in [0.15, 0.2) is 0 Å². The highest BCUT2D eigenvalue weighted by molar-refractivity contribution is 7.09. The molecule has 1 unspecified atom stereocenters. The van der Waals surface area contributed by atoms with Crippen molar-refractivity contribution in [2.75, 3.05) is 19.6 Å². The van der Waals surface area contributed by atoms with E-state index in [9.17, 15) is 0 Å². The summed E-state index contributed by atoms with van der Waals surface area (Å²) in [6.07, 6.45) is 2.76. The molecule has 106 valence electrons. The first-order valence-electron chi connectivity index (χ1n) is 7.43. The third-order valence-electron chi connectivity index (χ3n) is 4.49. The van der Waals surface area contributed by atoms with Gasteiger partial charge in [-0.3, -0.25) is 0 Å². The molecule has 3 aliphatic heterocycles. The van der Waals surface area contributed by atoms with Crippen LogP contribution in [-0.4, -0.2) is 35.6 Å².